The monoisotopic (exact) mass is 393 g/mol. The molecule has 1 amide bonds. The Morgan fingerprint density at radius 2 is 1.56 bits per heavy atom. The number of hydrogen-bond acceptors (Lipinski definition) is 4. The molecule has 1 aromatic carbocycles. The molecule has 0 aromatic heterocycles. The molecule has 4 fully saturated rings. The van der Waals surface area contributed by atoms with E-state index >= 15 is 0 Å². The Morgan fingerprint density at radius 1 is 1.00 bits per heavy atom. The van der Waals surface area contributed by atoms with Gasteiger partial charge in [0, 0.05) is 38.4 Å². The molecule has 2 bridgehead atoms. The van der Waals surface area contributed by atoms with Crippen LogP contribution in [0.1, 0.15) is 19.8 Å². The van der Waals surface area contributed by atoms with Gasteiger partial charge in [-0.3, -0.25) is 9.69 Å². The van der Waals surface area contributed by atoms with Crippen molar-refractivity contribution in [2.24, 2.45) is 0 Å². The van der Waals surface area contributed by atoms with Crippen molar-refractivity contribution >= 4 is 21.6 Å². The summed E-state index contributed by atoms with van der Waals surface area (Å²) in [6, 6.07) is 6.49. The molecule has 0 saturated carbocycles. The SMILES string of the molecule is C[C@@H](C(=O)Nc1ccc(S(=O)(=O)N2CCCC2)cc1)[N+]12CCN(CC1)CC2. The van der Waals surface area contributed by atoms with Gasteiger partial charge in [0.15, 0.2) is 6.04 Å². The Labute approximate surface area is 161 Å². The lowest BCUT2D eigenvalue weighted by Gasteiger charge is -2.52. The van der Waals surface area contributed by atoms with E-state index in [9.17, 15) is 13.2 Å². The van der Waals surface area contributed by atoms with Crippen molar-refractivity contribution in [1.82, 2.24) is 9.21 Å². The third-order valence-corrected chi connectivity index (χ3v) is 8.52. The second-order valence-corrected chi connectivity index (χ2v) is 9.97. The number of anilines is 1. The van der Waals surface area contributed by atoms with Crippen LogP contribution in [0.5, 0.6) is 0 Å². The highest BCUT2D eigenvalue weighted by atomic mass is 32.2. The summed E-state index contributed by atoms with van der Waals surface area (Å²) in [6.07, 6.45) is 1.84. The third-order valence-electron chi connectivity index (χ3n) is 6.61. The number of nitrogens with zero attached hydrogens (tertiary/aromatic N) is 3. The molecule has 0 unspecified atom stereocenters. The quantitative estimate of drug-likeness (QED) is 0.756. The normalized spacial score (nSPS) is 29.6. The van der Waals surface area contributed by atoms with Crippen molar-refractivity contribution in [2.45, 2.75) is 30.7 Å². The van der Waals surface area contributed by atoms with Gasteiger partial charge in [0.1, 0.15) is 0 Å². The number of rotatable bonds is 5. The van der Waals surface area contributed by atoms with Gasteiger partial charge >= 0.3 is 0 Å². The molecule has 4 saturated heterocycles. The van der Waals surface area contributed by atoms with Gasteiger partial charge in [-0.15, -0.1) is 0 Å². The van der Waals surface area contributed by atoms with Crippen LogP contribution in [0.3, 0.4) is 0 Å². The van der Waals surface area contributed by atoms with E-state index < -0.39 is 10.0 Å². The van der Waals surface area contributed by atoms with E-state index in [0.29, 0.717) is 23.7 Å². The molecule has 1 atom stereocenters. The molecule has 0 aliphatic carbocycles. The summed E-state index contributed by atoms with van der Waals surface area (Å²) < 4.78 is 27.6. The average Bonchev–Trinajstić information content (AvgIpc) is 3.25. The maximum atomic E-state index is 12.8. The lowest BCUT2D eigenvalue weighted by Crippen LogP contribution is -2.72. The van der Waals surface area contributed by atoms with Crippen LogP contribution < -0.4 is 5.32 Å². The summed E-state index contributed by atoms with van der Waals surface area (Å²) in [7, 11) is -3.41. The van der Waals surface area contributed by atoms with Gasteiger partial charge < -0.3 is 9.80 Å². The van der Waals surface area contributed by atoms with E-state index in [1.165, 1.54) is 4.31 Å². The van der Waals surface area contributed by atoms with E-state index in [0.717, 1.165) is 56.6 Å². The highest BCUT2D eigenvalue weighted by molar-refractivity contribution is 7.89. The third kappa shape index (κ3) is 3.51. The topological polar surface area (TPSA) is 69.7 Å². The van der Waals surface area contributed by atoms with E-state index in [1.54, 1.807) is 24.3 Å². The standard InChI is InChI=1S/C19H28N4O3S/c1-16(23-13-10-21(11-14-23)12-15-23)19(24)20-17-4-6-18(7-5-17)27(25,26)22-8-2-3-9-22/h4-7,16H,2-3,8-15H2,1H3/p+1/t16-/m0/s1. The molecule has 0 radical (unpaired) electrons. The average molecular weight is 394 g/mol. The first kappa shape index (κ1) is 18.9. The molecular formula is C19H29N4O3S+. The fourth-order valence-corrected chi connectivity index (χ4v) is 6.07. The van der Waals surface area contributed by atoms with E-state index in [-0.39, 0.29) is 11.9 Å². The summed E-state index contributed by atoms with van der Waals surface area (Å²) in [5, 5.41) is 2.99. The predicted molar refractivity (Wildman–Crippen MR) is 104 cm³/mol. The second kappa shape index (κ2) is 7.16. The van der Waals surface area contributed by atoms with Crippen molar-refractivity contribution in [3.8, 4) is 0 Å². The summed E-state index contributed by atoms with van der Waals surface area (Å²) in [4.78, 5) is 15.6. The molecule has 4 aliphatic heterocycles. The minimum atomic E-state index is -3.41. The number of benzene rings is 1. The van der Waals surface area contributed by atoms with Gasteiger partial charge in [-0.2, -0.15) is 4.31 Å². The Balaban J connectivity index is 1.43. The number of carbonyl (C=O) groups is 1. The van der Waals surface area contributed by atoms with Gasteiger partial charge in [-0.25, -0.2) is 8.42 Å². The van der Waals surface area contributed by atoms with Gasteiger partial charge in [-0.05, 0) is 44.0 Å². The molecule has 4 aliphatic rings. The van der Waals surface area contributed by atoms with E-state index in [1.807, 2.05) is 6.92 Å². The van der Waals surface area contributed by atoms with Gasteiger partial charge in [-0.1, -0.05) is 0 Å². The van der Waals surface area contributed by atoms with Crippen LogP contribution in [-0.2, 0) is 14.8 Å². The van der Waals surface area contributed by atoms with Crippen molar-refractivity contribution in [3.63, 3.8) is 0 Å². The summed E-state index contributed by atoms with van der Waals surface area (Å²) in [5.41, 5.74) is 0.654. The molecule has 1 aromatic rings. The number of amides is 1. The number of piperazine rings is 3. The van der Waals surface area contributed by atoms with Gasteiger partial charge in [0.25, 0.3) is 5.91 Å². The number of hydrogen-bond donors (Lipinski definition) is 1. The first-order valence-corrected chi connectivity index (χ1v) is 11.3. The number of nitrogens with one attached hydrogen (secondary N) is 1. The van der Waals surface area contributed by atoms with Crippen LogP contribution in [-0.4, -0.2) is 86.4 Å². The lowest BCUT2D eigenvalue weighted by molar-refractivity contribution is -0.953. The molecule has 0 spiro atoms. The molecule has 27 heavy (non-hydrogen) atoms. The van der Waals surface area contributed by atoms with Crippen molar-refractivity contribution < 1.29 is 17.7 Å². The van der Waals surface area contributed by atoms with Crippen LogP contribution in [0, 0.1) is 0 Å². The minimum Gasteiger partial charge on any atom is -0.321 e. The van der Waals surface area contributed by atoms with Gasteiger partial charge in [0.05, 0.1) is 24.5 Å². The summed E-state index contributed by atoms with van der Waals surface area (Å²) >= 11 is 0. The van der Waals surface area contributed by atoms with Gasteiger partial charge in [0.2, 0.25) is 10.0 Å². The largest absolute Gasteiger partial charge is 0.321 e. The highest BCUT2D eigenvalue weighted by Gasteiger charge is 2.45. The molecule has 4 heterocycles. The van der Waals surface area contributed by atoms with Crippen LogP contribution in [0.4, 0.5) is 5.69 Å². The van der Waals surface area contributed by atoms with Crippen LogP contribution in [0.15, 0.2) is 29.2 Å². The summed E-state index contributed by atoms with van der Waals surface area (Å²) in [5.74, 6) is 0.0144. The second-order valence-electron chi connectivity index (χ2n) is 8.03. The first-order valence-electron chi connectivity index (χ1n) is 9.90. The zero-order valence-electron chi connectivity index (χ0n) is 15.9. The predicted octanol–water partition coefficient (Wildman–Crippen LogP) is 0.944. The van der Waals surface area contributed by atoms with Crippen LogP contribution >= 0.6 is 0 Å². The number of sulfonamides is 1. The fraction of sp³-hybridized carbons (Fsp3) is 0.632. The first-order chi connectivity index (χ1) is 12.9. The zero-order chi connectivity index (χ0) is 19.1. The summed E-state index contributed by atoms with van der Waals surface area (Å²) in [6.45, 7) is 9.50. The lowest BCUT2D eigenvalue weighted by atomic mass is 10.1. The Morgan fingerprint density at radius 3 is 2.11 bits per heavy atom. The minimum absolute atomic E-state index is 0.0144. The molecule has 148 valence electrons. The highest BCUT2D eigenvalue weighted by Crippen LogP contribution is 2.25. The maximum absolute atomic E-state index is 12.8. The Hall–Kier alpha value is -1.48. The number of carbonyl (C=O) groups excluding carboxylic acids is 1. The van der Waals surface area contributed by atoms with Crippen molar-refractivity contribution in [1.29, 1.82) is 0 Å². The maximum Gasteiger partial charge on any atom is 0.282 e. The van der Waals surface area contributed by atoms with Crippen molar-refractivity contribution in [2.75, 3.05) is 57.7 Å². The Bertz CT molecular complexity index is 781. The Kier molecular flexibility index (Phi) is 5.00. The van der Waals surface area contributed by atoms with E-state index in [4.69, 9.17) is 0 Å². The molecule has 1 N–H and O–H groups in total. The van der Waals surface area contributed by atoms with E-state index in [2.05, 4.69) is 10.2 Å². The molecule has 8 heteroatoms. The zero-order valence-corrected chi connectivity index (χ0v) is 16.7. The molecular weight excluding hydrogens is 364 g/mol. The number of quaternary nitrogens is 1. The number of fused-ring (bicyclic) bond motifs is 3. The fourth-order valence-electron chi connectivity index (χ4n) is 4.56. The molecule has 7 nitrogen and oxygen atoms in total. The van der Waals surface area contributed by atoms with Crippen LogP contribution in [0.25, 0.3) is 0 Å². The van der Waals surface area contributed by atoms with Crippen molar-refractivity contribution in [3.05, 3.63) is 24.3 Å². The van der Waals surface area contributed by atoms with Crippen LogP contribution in [0.2, 0.25) is 0 Å². The smallest absolute Gasteiger partial charge is 0.282 e. The molecule has 5 rings (SSSR count).